The Balaban J connectivity index is 1.89. The van der Waals surface area contributed by atoms with Gasteiger partial charge >= 0.3 is 6.03 Å². The van der Waals surface area contributed by atoms with Gasteiger partial charge in [0.15, 0.2) is 6.23 Å². The van der Waals surface area contributed by atoms with E-state index >= 15 is 0 Å². The third kappa shape index (κ3) is 2.94. The first kappa shape index (κ1) is 18.8. The molecule has 142 valence electrons. The molecule has 2 atom stereocenters. The van der Waals surface area contributed by atoms with Crippen LogP contribution in [0.2, 0.25) is 10.0 Å². The number of amides is 2. The van der Waals surface area contributed by atoms with Gasteiger partial charge in [0, 0.05) is 21.4 Å². The molecule has 1 saturated heterocycles. The molecule has 1 fully saturated rings. The SMILES string of the molecule is C[C@]1(c2ccccc2)C(O)N(c2ccc(Cl)cc2)C(=O)N1c1ccc(Cl)cc1. The van der Waals surface area contributed by atoms with Crippen molar-refractivity contribution < 1.29 is 9.90 Å². The van der Waals surface area contributed by atoms with Crippen LogP contribution in [0.5, 0.6) is 0 Å². The van der Waals surface area contributed by atoms with Gasteiger partial charge < -0.3 is 5.11 Å². The highest BCUT2D eigenvalue weighted by Crippen LogP contribution is 2.45. The normalized spacial score (nSPS) is 22.0. The summed E-state index contributed by atoms with van der Waals surface area (Å²) in [6.45, 7) is 1.86. The maximum atomic E-state index is 13.5. The Bertz CT molecular complexity index is 993. The largest absolute Gasteiger partial charge is 0.370 e. The van der Waals surface area contributed by atoms with Gasteiger partial charge in [0.25, 0.3) is 0 Å². The van der Waals surface area contributed by atoms with Gasteiger partial charge in [-0.3, -0.25) is 9.80 Å². The van der Waals surface area contributed by atoms with Crippen LogP contribution in [0, 0.1) is 0 Å². The first-order valence-corrected chi connectivity index (χ1v) is 9.56. The Morgan fingerprint density at radius 3 is 1.86 bits per heavy atom. The number of carbonyl (C=O) groups is 1. The van der Waals surface area contributed by atoms with Gasteiger partial charge in [-0.15, -0.1) is 0 Å². The molecule has 0 radical (unpaired) electrons. The zero-order chi connectivity index (χ0) is 19.9. The second-order valence-electron chi connectivity index (χ2n) is 6.83. The number of nitrogens with zero attached hydrogens (tertiary/aromatic N) is 2. The van der Waals surface area contributed by atoms with Gasteiger partial charge in [0.2, 0.25) is 0 Å². The van der Waals surface area contributed by atoms with Gasteiger partial charge in [0.05, 0.1) is 0 Å². The summed E-state index contributed by atoms with van der Waals surface area (Å²) in [5, 5.41) is 12.5. The van der Waals surface area contributed by atoms with Crippen LogP contribution in [-0.4, -0.2) is 17.4 Å². The van der Waals surface area contributed by atoms with E-state index in [4.69, 9.17) is 23.2 Å². The Hall–Kier alpha value is -2.53. The minimum Gasteiger partial charge on any atom is -0.370 e. The third-order valence-corrected chi connectivity index (χ3v) is 5.66. The van der Waals surface area contributed by atoms with E-state index in [0.717, 1.165) is 5.56 Å². The van der Waals surface area contributed by atoms with E-state index in [2.05, 4.69) is 0 Å². The van der Waals surface area contributed by atoms with Gasteiger partial charge in [-0.1, -0.05) is 53.5 Å². The third-order valence-electron chi connectivity index (χ3n) is 5.16. The van der Waals surface area contributed by atoms with E-state index in [0.29, 0.717) is 21.4 Å². The van der Waals surface area contributed by atoms with Crippen LogP contribution < -0.4 is 9.80 Å². The summed E-state index contributed by atoms with van der Waals surface area (Å²) < 4.78 is 0. The van der Waals surface area contributed by atoms with Crippen molar-refractivity contribution in [3.63, 3.8) is 0 Å². The smallest absolute Gasteiger partial charge is 0.332 e. The molecule has 6 heteroatoms. The average Bonchev–Trinajstić information content (AvgIpc) is 2.91. The van der Waals surface area contributed by atoms with E-state index in [1.807, 2.05) is 37.3 Å². The summed E-state index contributed by atoms with van der Waals surface area (Å²) in [5.41, 5.74) is 1.03. The zero-order valence-electron chi connectivity index (χ0n) is 15.1. The number of rotatable bonds is 3. The number of anilines is 2. The number of aliphatic hydroxyl groups is 1. The van der Waals surface area contributed by atoms with Crippen LogP contribution in [0.15, 0.2) is 78.9 Å². The molecule has 0 aromatic heterocycles. The summed E-state index contributed by atoms with van der Waals surface area (Å²) in [5.74, 6) is 0. The van der Waals surface area contributed by atoms with Crippen molar-refractivity contribution >= 4 is 40.6 Å². The minimum atomic E-state index is -1.11. The van der Waals surface area contributed by atoms with E-state index < -0.39 is 11.8 Å². The first-order valence-electron chi connectivity index (χ1n) is 8.81. The molecule has 0 spiro atoms. The molecule has 3 aromatic carbocycles. The molecule has 4 nitrogen and oxygen atoms in total. The number of carbonyl (C=O) groups excluding carboxylic acids is 1. The van der Waals surface area contributed by atoms with Crippen molar-refractivity contribution in [2.24, 2.45) is 0 Å². The molecule has 1 unspecified atom stereocenters. The lowest BCUT2D eigenvalue weighted by atomic mass is 9.89. The molecular weight excluding hydrogens is 395 g/mol. The monoisotopic (exact) mass is 412 g/mol. The quantitative estimate of drug-likeness (QED) is 0.601. The lowest BCUT2D eigenvalue weighted by molar-refractivity contribution is 0.119. The summed E-state index contributed by atoms with van der Waals surface area (Å²) >= 11 is 12.0. The summed E-state index contributed by atoms with van der Waals surface area (Å²) in [6, 6.07) is 23.0. The zero-order valence-corrected chi connectivity index (χ0v) is 16.6. The number of urea groups is 1. The highest BCUT2D eigenvalue weighted by Gasteiger charge is 2.56. The van der Waals surface area contributed by atoms with E-state index in [-0.39, 0.29) is 6.03 Å². The predicted octanol–water partition coefficient (Wildman–Crippen LogP) is 5.67. The van der Waals surface area contributed by atoms with Gasteiger partial charge in [0.1, 0.15) is 5.54 Å². The first-order chi connectivity index (χ1) is 13.4. The topological polar surface area (TPSA) is 43.8 Å². The highest BCUT2D eigenvalue weighted by atomic mass is 35.5. The Morgan fingerprint density at radius 2 is 1.32 bits per heavy atom. The summed E-state index contributed by atoms with van der Waals surface area (Å²) in [7, 11) is 0. The molecule has 3 aromatic rings. The Morgan fingerprint density at radius 1 is 0.821 bits per heavy atom. The van der Waals surface area contributed by atoms with Gasteiger partial charge in [-0.05, 0) is 61.0 Å². The van der Waals surface area contributed by atoms with Crippen LogP contribution in [0.3, 0.4) is 0 Å². The van der Waals surface area contributed by atoms with E-state index in [9.17, 15) is 9.90 Å². The lowest BCUT2D eigenvalue weighted by Crippen LogP contribution is -2.47. The number of halogens is 2. The van der Waals surface area contributed by atoms with E-state index in [1.54, 1.807) is 53.4 Å². The fraction of sp³-hybridized carbons (Fsp3) is 0.136. The molecule has 0 aliphatic carbocycles. The second-order valence-corrected chi connectivity index (χ2v) is 7.70. The maximum Gasteiger partial charge on any atom is 0.332 e. The van der Waals surface area contributed by atoms with Crippen LogP contribution in [-0.2, 0) is 5.54 Å². The molecular formula is C22H18Cl2N2O2. The summed E-state index contributed by atoms with van der Waals surface area (Å²) in [4.78, 5) is 16.5. The van der Waals surface area contributed by atoms with Crippen molar-refractivity contribution in [3.05, 3.63) is 94.5 Å². The Labute approximate surface area is 173 Å². The minimum absolute atomic E-state index is 0.330. The van der Waals surface area contributed by atoms with Crippen LogP contribution >= 0.6 is 23.2 Å². The number of hydrogen-bond donors (Lipinski definition) is 1. The van der Waals surface area contributed by atoms with E-state index in [1.165, 1.54) is 4.90 Å². The molecule has 4 rings (SSSR count). The van der Waals surface area contributed by atoms with Crippen LogP contribution in [0.1, 0.15) is 12.5 Å². The molecule has 1 heterocycles. The molecule has 28 heavy (non-hydrogen) atoms. The lowest BCUT2D eigenvalue weighted by Gasteiger charge is -2.36. The van der Waals surface area contributed by atoms with Gasteiger partial charge in [-0.2, -0.15) is 0 Å². The van der Waals surface area contributed by atoms with Crippen molar-refractivity contribution in [1.29, 1.82) is 0 Å². The van der Waals surface area contributed by atoms with Gasteiger partial charge in [-0.25, -0.2) is 4.79 Å². The summed E-state index contributed by atoms with van der Waals surface area (Å²) in [6.07, 6.45) is -1.11. The molecule has 0 saturated carbocycles. The molecule has 0 bridgehead atoms. The second kappa shape index (κ2) is 7.13. The van der Waals surface area contributed by atoms with Crippen LogP contribution in [0.25, 0.3) is 0 Å². The number of benzene rings is 3. The van der Waals surface area contributed by atoms with Crippen molar-refractivity contribution in [3.8, 4) is 0 Å². The van der Waals surface area contributed by atoms with Crippen molar-refractivity contribution in [2.45, 2.75) is 18.7 Å². The number of hydrogen-bond acceptors (Lipinski definition) is 2. The maximum absolute atomic E-state index is 13.5. The molecule has 1 N–H and O–H groups in total. The number of aliphatic hydroxyl groups excluding tert-OH is 1. The Kier molecular flexibility index (Phi) is 4.79. The molecule has 2 amide bonds. The fourth-order valence-electron chi connectivity index (χ4n) is 3.65. The molecule has 1 aliphatic heterocycles. The van der Waals surface area contributed by atoms with Crippen molar-refractivity contribution in [2.75, 3.05) is 9.80 Å². The van der Waals surface area contributed by atoms with Crippen molar-refractivity contribution in [1.82, 2.24) is 0 Å². The highest BCUT2D eigenvalue weighted by molar-refractivity contribution is 6.31. The molecule has 1 aliphatic rings. The predicted molar refractivity (Wildman–Crippen MR) is 113 cm³/mol. The fourth-order valence-corrected chi connectivity index (χ4v) is 3.91. The average molecular weight is 413 g/mol. The standard InChI is InChI=1S/C22H18Cl2N2O2/c1-22(15-5-3-2-4-6-15)20(27)25(18-11-7-16(23)8-12-18)21(28)26(22)19-13-9-17(24)10-14-19/h2-14,20,27H,1H3/t20?,22-/m0/s1. The van der Waals surface area contributed by atoms with Crippen LogP contribution in [0.4, 0.5) is 16.2 Å².